The molecule has 132 valence electrons. The zero-order valence-electron chi connectivity index (χ0n) is 14.3. The number of amides is 2. The number of nitrogens with one attached hydrogen (secondary N) is 1. The first-order chi connectivity index (χ1) is 12.6. The van der Waals surface area contributed by atoms with Crippen molar-refractivity contribution in [1.29, 1.82) is 0 Å². The van der Waals surface area contributed by atoms with Crippen molar-refractivity contribution in [3.05, 3.63) is 53.6 Å². The molecule has 2 amide bonds. The lowest BCUT2D eigenvalue weighted by Crippen LogP contribution is -2.44. The van der Waals surface area contributed by atoms with E-state index in [0.717, 1.165) is 29.3 Å². The lowest BCUT2D eigenvalue weighted by Gasteiger charge is -2.36. The summed E-state index contributed by atoms with van der Waals surface area (Å²) in [5.41, 5.74) is 2.50. The molecule has 3 aromatic rings. The number of aromatic nitrogens is 3. The Balaban J connectivity index is 1.48. The first-order valence-corrected chi connectivity index (χ1v) is 8.78. The first kappa shape index (κ1) is 15.3. The van der Waals surface area contributed by atoms with Crippen LogP contribution in [0, 0.1) is 5.95 Å². The Hall–Kier alpha value is -2.96. The number of nitrogens with zero attached hydrogens (tertiary/aromatic N) is 4. The number of rotatable bonds is 1. The van der Waals surface area contributed by atoms with Gasteiger partial charge >= 0.3 is 6.03 Å². The summed E-state index contributed by atoms with van der Waals surface area (Å²) in [6.45, 7) is 0. The number of hydrogen-bond donors (Lipinski definition) is 1. The van der Waals surface area contributed by atoms with Crippen molar-refractivity contribution in [3.63, 3.8) is 0 Å². The molecule has 26 heavy (non-hydrogen) atoms. The van der Waals surface area contributed by atoms with Gasteiger partial charge in [0, 0.05) is 30.2 Å². The average Bonchev–Trinajstić information content (AvgIpc) is 3.13. The number of anilines is 1. The van der Waals surface area contributed by atoms with E-state index in [4.69, 9.17) is 0 Å². The molecule has 0 unspecified atom stereocenters. The highest BCUT2D eigenvalue weighted by atomic mass is 19.1. The van der Waals surface area contributed by atoms with Gasteiger partial charge in [-0.1, -0.05) is 12.1 Å². The van der Waals surface area contributed by atoms with Crippen LogP contribution in [0.4, 0.5) is 15.0 Å². The quantitative estimate of drug-likeness (QED) is 0.684. The zero-order chi connectivity index (χ0) is 17.8. The topological polar surface area (TPSA) is 63.1 Å². The summed E-state index contributed by atoms with van der Waals surface area (Å²) >= 11 is 0. The maximum absolute atomic E-state index is 14.1. The SMILES string of the molecule is Cn1nc(NC(=O)N2[C@@H]3CC[C@H]2c2ccnc(F)c2C3)c2ccccc21. The smallest absolute Gasteiger partial charge is 0.314 e. The van der Waals surface area contributed by atoms with Crippen LogP contribution in [0.5, 0.6) is 0 Å². The second-order valence-electron chi connectivity index (χ2n) is 6.95. The molecule has 7 heteroatoms. The van der Waals surface area contributed by atoms with E-state index in [1.807, 2.05) is 42.3 Å². The van der Waals surface area contributed by atoms with Gasteiger partial charge in [0.05, 0.1) is 11.6 Å². The van der Waals surface area contributed by atoms with Crippen LogP contribution < -0.4 is 5.32 Å². The summed E-state index contributed by atoms with van der Waals surface area (Å²) in [4.78, 5) is 18.6. The number of carbonyl (C=O) groups excluding carboxylic acids is 1. The van der Waals surface area contributed by atoms with Gasteiger partial charge in [-0.25, -0.2) is 9.78 Å². The van der Waals surface area contributed by atoms with Gasteiger partial charge in [0.2, 0.25) is 5.95 Å². The lowest BCUT2D eigenvalue weighted by molar-refractivity contribution is 0.178. The third kappa shape index (κ3) is 2.13. The standard InChI is InChI=1S/C19H18FN5O/c1-24-15-5-3-2-4-13(15)18(23-24)22-19(26)25-11-6-7-16(25)12-8-9-21-17(20)14(12)10-11/h2-5,8-9,11,16H,6-7,10H2,1H3,(H,22,23,26)/t11-,16+/m1/s1. The molecule has 0 spiro atoms. The number of halogens is 1. The van der Waals surface area contributed by atoms with Crippen molar-refractivity contribution in [2.45, 2.75) is 31.3 Å². The number of aryl methyl sites for hydroxylation is 1. The Morgan fingerprint density at radius 2 is 2.12 bits per heavy atom. The minimum Gasteiger partial charge on any atom is -0.314 e. The van der Waals surface area contributed by atoms with Gasteiger partial charge in [-0.05, 0) is 43.0 Å². The van der Waals surface area contributed by atoms with E-state index in [0.29, 0.717) is 17.8 Å². The molecule has 2 aromatic heterocycles. The second kappa shape index (κ2) is 5.52. The van der Waals surface area contributed by atoms with Gasteiger partial charge in [0.1, 0.15) is 0 Å². The number of benzene rings is 1. The predicted octanol–water partition coefficient (Wildman–Crippen LogP) is 3.40. The molecule has 1 fully saturated rings. The number of pyridine rings is 1. The second-order valence-corrected chi connectivity index (χ2v) is 6.95. The van der Waals surface area contributed by atoms with Crippen molar-refractivity contribution >= 4 is 22.8 Å². The highest BCUT2D eigenvalue weighted by Crippen LogP contribution is 2.44. The molecule has 1 aromatic carbocycles. The lowest BCUT2D eigenvalue weighted by atomic mass is 9.95. The Bertz CT molecular complexity index is 1030. The highest BCUT2D eigenvalue weighted by Gasteiger charge is 2.43. The first-order valence-electron chi connectivity index (χ1n) is 8.78. The van der Waals surface area contributed by atoms with E-state index in [-0.39, 0.29) is 18.1 Å². The molecule has 0 aliphatic carbocycles. The number of urea groups is 1. The summed E-state index contributed by atoms with van der Waals surface area (Å²) in [5.74, 6) is 0.148. The van der Waals surface area contributed by atoms with Crippen LogP contribution in [-0.2, 0) is 13.5 Å². The number of para-hydroxylation sites is 1. The molecule has 2 aliphatic heterocycles. The molecule has 5 rings (SSSR count). The van der Waals surface area contributed by atoms with Crippen molar-refractivity contribution in [2.75, 3.05) is 5.32 Å². The molecular formula is C19H18FN5O. The third-order valence-corrected chi connectivity index (χ3v) is 5.56. The fourth-order valence-electron chi connectivity index (χ4n) is 4.40. The van der Waals surface area contributed by atoms with E-state index in [9.17, 15) is 9.18 Å². The van der Waals surface area contributed by atoms with E-state index in [1.54, 1.807) is 4.68 Å². The van der Waals surface area contributed by atoms with Gasteiger partial charge < -0.3 is 4.90 Å². The predicted molar refractivity (Wildman–Crippen MR) is 95.2 cm³/mol. The molecule has 0 radical (unpaired) electrons. The Morgan fingerprint density at radius 1 is 1.27 bits per heavy atom. The Morgan fingerprint density at radius 3 is 3.00 bits per heavy atom. The summed E-state index contributed by atoms with van der Waals surface area (Å²) < 4.78 is 15.8. The largest absolute Gasteiger partial charge is 0.323 e. The van der Waals surface area contributed by atoms with Crippen LogP contribution in [0.3, 0.4) is 0 Å². The van der Waals surface area contributed by atoms with E-state index >= 15 is 0 Å². The summed E-state index contributed by atoms with van der Waals surface area (Å²) in [6, 6.07) is 9.34. The number of fused-ring (bicyclic) bond motifs is 5. The van der Waals surface area contributed by atoms with Gasteiger partial charge in [-0.3, -0.25) is 10.00 Å². The molecule has 2 bridgehead atoms. The maximum Gasteiger partial charge on any atom is 0.323 e. The molecule has 2 atom stereocenters. The molecule has 0 saturated carbocycles. The van der Waals surface area contributed by atoms with Crippen LogP contribution in [0.1, 0.15) is 30.0 Å². The van der Waals surface area contributed by atoms with Crippen LogP contribution >= 0.6 is 0 Å². The average molecular weight is 351 g/mol. The molecule has 1 N–H and O–H groups in total. The molecule has 1 saturated heterocycles. The minimum absolute atomic E-state index is 0.00109. The van der Waals surface area contributed by atoms with Crippen molar-refractivity contribution in [1.82, 2.24) is 19.7 Å². The number of carbonyl (C=O) groups is 1. The molecule has 6 nitrogen and oxygen atoms in total. The van der Waals surface area contributed by atoms with E-state index < -0.39 is 5.95 Å². The van der Waals surface area contributed by atoms with Crippen molar-refractivity contribution in [3.8, 4) is 0 Å². The summed E-state index contributed by atoms with van der Waals surface area (Å²) in [5, 5.41) is 8.31. The van der Waals surface area contributed by atoms with Crippen LogP contribution in [0.2, 0.25) is 0 Å². The maximum atomic E-state index is 14.1. The van der Waals surface area contributed by atoms with Gasteiger partial charge in [-0.15, -0.1) is 0 Å². The van der Waals surface area contributed by atoms with Crippen LogP contribution in [0.25, 0.3) is 10.9 Å². The number of hydrogen-bond acceptors (Lipinski definition) is 3. The van der Waals surface area contributed by atoms with E-state index in [2.05, 4.69) is 15.4 Å². The van der Waals surface area contributed by atoms with Crippen LogP contribution in [-0.4, -0.2) is 31.7 Å². The Labute approximate surface area is 149 Å². The fourth-order valence-corrected chi connectivity index (χ4v) is 4.40. The van der Waals surface area contributed by atoms with Crippen molar-refractivity contribution in [2.24, 2.45) is 7.05 Å². The van der Waals surface area contributed by atoms with Gasteiger partial charge in [0.25, 0.3) is 0 Å². The normalized spacial score (nSPS) is 21.1. The highest BCUT2D eigenvalue weighted by molar-refractivity contribution is 5.99. The molecule has 4 heterocycles. The van der Waals surface area contributed by atoms with Crippen LogP contribution in [0.15, 0.2) is 36.5 Å². The summed E-state index contributed by atoms with van der Waals surface area (Å²) in [6.07, 6.45) is 3.71. The third-order valence-electron chi connectivity index (χ3n) is 5.56. The van der Waals surface area contributed by atoms with Gasteiger partial charge in [-0.2, -0.15) is 9.49 Å². The summed E-state index contributed by atoms with van der Waals surface area (Å²) in [7, 11) is 1.86. The monoisotopic (exact) mass is 351 g/mol. The van der Waals surface area contributed by atoms with Gasteiger partial charge in [0.15, 0.2) is 5.82 Å². The molecule has 2 aliphatic rings. The minimum atomic E-state index is -0.407. The fraction of sp³-hybridized carbons (Fsp3) is 0.316. The Kier molecular flexibility index (Phi) is 3.25. The zero-order valence-corrected chi connectivity index (χ0v) is 14.3. The van der Waals surface area contributed by atoms with Crippen molar-refractivity contribution < 1.29 is 9.18 Å². The molecular weight excluding hydrogens is 333 g/mol. The van der Waals surface area contributed by atoms with E-state index in [1.165, 1.54) is 6.20 Å².